The van der Waals surface area contributed by atoms with Crippen molar-refractivity contribution in [1.82, 2.24) is 0 Å². The van der Waals surface area contributed by atoms with Gasteiger partial charge >= 0.3 is 11.9 Å². The first-order valence-electron chi connectivity index (χ1n) is 6.36. The molecule has 0 heterocycles. The fourth-order valence-electron chi connectivity index (χ4n) is 1.41. The lowest BCUT2D eigenvalue weighted by Gasteiger charge is -2.19. The zero-order chi connectivity index (χ0) is 13.3. The molecule has 4 nitrogen and oxygen atoms in total. The number of rotatable bonds is 8. The van der Waals surface area contributed by atoms with Crippen LogP contribution in [0.25, 0.3) is 0 Å². The van der Waals surface area contributed by atoms with Gasteiger partial charge in [-0.05, 0) is 18.8 Å². The van der Waals surface area contributed by atoms with Crippen molar-refractivity contribution in [2.75, 3.05) is 6.61 Å². The van der Waals surface area contributed by atoms with Crippen LogP contribution >= 0.6 is 0 Å². The second-order valence-electron chi connectivity index (χ2n) is 4.40. The summed E-state index contributed by atoms with van der Waals surface area (Å²) in [6.45, 7) is 8.34. The molecule has 0 N–H and O–H groups in total. The summed E-state index contributed by atoms with van der Waals surface area (Å²) < 4.78 is 10.1. The Morgan fingerprint density at radius 1 is 1.06 bits per heavy atom. The van der Waals surface area contributed by atoms with Gasteiger partial charge in [-0.25, -0.2) is 0 Å². The predicted octanol–water partition coefficient (Wildman–Crippen LogP) is 2.70. The zero-order valence-corrected chi connectivity index (χ0v) is 11.3. The van der Waals surface area contributed by atoms with Crippen LogP contribution in [0, 0.1) is 5.92 Å². The van der Waals surface area contributed by atoms with Crippen molar-refractivity contribution in [3.8, 4) is 0 Å². The van der Waals surface area contributed by atoms with Crippen LogP contribution < -0.4 is 0 Å². The lowest BCUT2D eigenvalue weighted by molar-refractivity contribution is -0.155. The van der Waals surface area contributed by atoms with E-state index in [0.29, 0.717) is 12.5 Å². The normalized spacial score (nSPS) is 12.3. The van der Waals surface area contributed by atoms with E-state index in [-0.39, 0.29) is 30.9 Å². The molecule has 4 heteroatoms. The van der Waals surface area contributed by atoms with Crippen LogP contribution in [0.5, 0.6) is 0 Å². The number of ether oxygens (including phenoxy) is 2. The van der Waals surface area contributed by atoms with Gasteiger partial charge in [0.25, 0.3) is 0 Å². The van der Waals surface area contributed by atoms with Crippen molar-refractivity contribution in [3.63, 3.8) is 0 Å². The average molecular weight is 244 g/mol. The van der Waals surface area contributed by atoms with E-state index in [1.165, 1.54) is 0 Å². The van der Waals surface area contributed by atoms with E-state index in [2.05, 4.69) is 0 Å². The summed E-state index contributed by atoms with van der Waals surface area (Å²) in [4.78, 5) is 22.6. The molecule has 0 aromatic rings. The van der Waals surface area contributed by atoms with Gasteiger partial charge in [0.2, 0.25) is 0 Å². The Bertz CT molecular complexity index is 236. The molecule has 0 radical (unpaired) electrons. The van der Waals surface area contributed by atoms with Crippen LogP contribution in [0.2, 0.25) is 0 Å². The number of hydrogen-bond acceptors (Lipinski definition) is 4. The Morgan fingerprint density at radius 2 is 1.65 bits per heavy atom. The fourth-order valence-corrected chi connectivity index (χ4v) is 1.41. The maximum absolute atomic E-state index is 11.5. The minimum atomic E-state index is -0.332. The van der Waals surface area contributed by atoms with Crippen molar-refractivity contribution in [2.45, 2.75) is 59.5 Å². The maximum Gasteiger partial charge on any atom is 0.306 e. The molecule has 0 saturated carbocycles. The van der Waals surface area contributed by atoms with Crippen LogP contribution in [-0.4, -0.2) is 24.6 Å². The number of carbonyl (C=O) groups is 2. The van der Waals surface area contributed by atoms with Gasteiger partial charge in [-0.2, -0.15) is 0 Å². The quantitative estimate of drug-likeness (QED) is 0.616. The molecule has 0 aromatic carbocycles. The van der Waals surface area contributed by atoms with Crippen molar-refractivity contribution >= 4 is 11.9 Å². The van der Waals surface area contributed by atoms with Gasteiger partial charge in [-0.1, -0.05) is 27.7 Å². The first-order chi connectivity index (χ1) is 8.01. The topological polar surface area (TPSA) is 52.6 Å². The molecule has 0 aliphatic rings. The van der Waals surface area contributed by atoms with Gasteiger partial charge in [0, 0.05) is 0 Å². The van der Waals surface area contributed by atoms with Gasteiger partial charge in [0.1, 0.15) is 6.10 Å². The second kappa shape index (κ2) is 9.02. The van der Waals surface area contributed by atoms with Crippen LogP contribution in [-0.2, 0) is 19.1 Å². The molecule has 0 bridgehead atoms. The Balaban J connectivity index is 3.82. The maximum atomic E-state index is 11.5. The molecule has 17 heavy (non-hydrogen) atoms. The van der Waals surface area contributed by atoms with E-state index in [9.17, 15) is 9.59 Å². The molecular formula is C13H24O4. The summed E-state index contributed by atoms with van der Waals surface area (Å²) in [6.07, 6.45) is 1.73. The monoisotopic (exact) mass is 244 g/mol. The molecule has 0 spiro atoms. The third kappa shape index (κ3) is 7.77. The molecule has 0 fully saturated rings. The predicted molar refractivity (Wildman–Crippen MR) is 65.5 cm³/mol. The Hall–Kier alpha value is -1.06. The third-order valence-electron chi connectivity index (χ3n) is 2.43. The molecule has 0 aliphatic heterocycles. The molecule has 1 atom stereocenters. The van der Waals surface area contributed by atoms with Crippen molar-refractivity contribution < 1.29 is 19.1 Å². The smallest absolute Gasteiger partial charge is 0.306 e. The van der Waals surface area contributed by atoms with Crippen LogP contribution in [0.15, 0.2) is 0 Å². The van der Waals surface area contributed by atoms with Crippen LogP contribution in [0.4, 0.5) is 0 Å². The summed E-state index contributed by atoms with van der Waals surface area (Å²) in [5.74, 6) is -0.351. The Labute approximate surface area is 104 Å². The summed E-state index contributed by atoms with van der Waals surface area (Å²) >= 11 is 0. The summed E-state index contributed by atoms with van der Waals surface area (Å²) in [7, 11) is 0. The van der Waals surface area contributed by atoms with Gasteiger partial charge in [-0.15, -0.1) is 0 Å². The van der Waals surface area contributed by atoms with Crippen LogP contribution in [0.3, 0.4) is 0 Å². The van der Waals surface area contributed by atoms with E-state index in [0.717, 1.165) is 12.8 Å². The first-order valence-corrected chi connectivity index (χ1v) is 6.36. The highest BCUT2D eigenvalue weighted by molar-refractivity contribution is 5.77. The van der Waals surface area contributed by atoms with Crippen molar-refractivity contribution in [1.29, 1.82) is 0 Å². The highest BCUT2D eigenvalue weighted by Crippen LogP contribution is 2.11. The number of esters is 2. The minimum Gasteiger partial charge on any atom is -0.466 e. The van der Waals surface area contributed by atoms with Gasteiger partial charge in [0.05, 0.1) is 19.4 Å². The third-order valence-corrected chi connectivity index (χ3v) is 2.43. The van der Waals surface area contributed by atoms with Crippen LogP contribution in [0.1, 0.15) is 53.4 Å². The Kier molecular flexibility index (Phi) is 8.46. The van der Waals surface area contributed by atoms with Gasteiger partial charge in [0.15, 0.2) is 0 Å². The minimum absolute atomic E-state index is 0.0610. The van der Waals surface area contributed by atoms with Crippen molar-refractivity contribution in [2.24, 2.45) is 5.92 Å². The largest absolute Gasteiger partial charge is 0.466 e. The lowest BCUT2D eigenvalue weighted by atomic mass is 10.1. The molecule has 0 rings (SSSR count). The molecule has 100 valence electrons. The zero-order valence-electron chi connectivity index (χ0n) is 11.3. The standard InChI is InChI=1S/C13H24O4/c1-5-9-16-12(14)7-8-13(15)17-11(6-2)10(3)4/h10-11H,5-9H2,1-4H3. The first kappa shape index (κ1) is 15.9. The van der Waals surface area contributed by atoms with E-state index in [1.54, 1.807) is 0 Å². The summed E-state index contributed by atoms with van der Waals surface area (Å²) in [5.41, 5.74) is 0. The van der Waals surface area contributed by atoms with E-state index in [4.69, 9.17) is 9.47 Å². The molecule has 1 unspecified atom stereocenters. The van der Waals surface area contributed by atoms with E-state index < -0.39 is 0 Å². The molecular weight excluding hydrogens is 220 g/mol. The summed E-state index contributed by atoms with van der Waals surface area (Å²) in [6, 6.07) is 0. The molecule has 0 aromatic heterocycles. The summed E-state index contributed by atoms with van der Waals surface area (Å²) in [5, 5.41) is 0. The number of hydrogen-bond donors (Lipinski definition) is 0. The van der Waals surface area contributed by atoms with Crippen molar-refractivity contribution in [3.05, 3.63) is 0 Å². The highest BCUT2D eigenvalue weighted by atomic mass is 16.5. The molecule has 0 aliphatic carbocycles. The average Bonchev–Trinajstić information content (AvgIpc) is 2.30. The number of carbonyl (C=O) groups excluding carboxylic acids is 2. The molecule has 0 amide bonds. The van der Waals surface area contributed by atoms with Gasteiger partial charge in [-0.3, -0.25) is 9.59 Å². The SMILES string of the molecule is CCCOC(=O)CCC(=O)OC(CC)C(C)C. The highest BCUT2D eigenvalue weighted by Gasteiger charge is 2.17. The molecule has 0 saturated heterocycles. The second-order valence-corrected chi connectivity index (χ2v) is 4.40. The fraction of sp³-hybridized carbons (Fsp3) is 0.846. The van der Waals surface area contributed by atoms with Gasteiger partial charge < -0.3 is 9.47 Å². The Morgan fingerprint density at radius 3 is 2.12 bits per heavy atom. The van der Waals surface area contributed by atoms with E-state index in [1.807, 2.05) is 27.7 Å². The van der Waals surface area contributed by atoms with E-state index >= 15 is 0 Å². The lowest BCUT2D eigenvalue weighted by Crippen LogP contribution is -2.23.